The van der Waals surface area contributed by atoms with E-state index in [1.54, 1.807) is 0 Å². The van der Waals surface area contributed by atoms with E-state index >= 15 is 0 Å². The topological polar surface area (TPSA) is 47.9 Å². The monoisotopic (exact) mass is 494 g/mol. The minimum atomic E-state index is -0.372. The highest BCUT2D eigenvalue weighted by atomic mass is 32.2. The molecule has 2 bridgehead atoms. The van der Waals surface area contributed by atoms with E-state index in [1.165, 1.54) is 49.2 Å². The van der Waals surface area contributed by atoms with Gasteiger partial charge in [0.15, 0.2) is 5.79 Å². The third-order valence-electron chi connectivity index (χ3n) is 7.07. The Balaban J connectivity index is 1.16. The highest BCUT2D eigenvalue weighted by molar-refractivity contribution is 8.18. The van der Waals surface area contributed by atoms with Gasteiger partial charge in [-0.05, 0) is 55.6 Å². The Labute approximate surface area is 208 Å². The van der Waals surface area contributed by atoms with E-state index in [2.05, 4.69) is 47.8 Å². The molecule has 3 aliphatic heterocycles. The van der Waals surface area contributed by atoms with E-state index < -0.39 is 0 Å². The van der Waals surface area contributed by atoms with E-state index in [0.29, 0.717) is 4.08 Å². The molecule has 0 aliphatic carbocycles. The molecule has 1 spiro atoms. The summed E-state index contributed by atoms with van der Waals surface area (Å²) in [6, 6.07) is 10.4. The predicted molar refractivity (Wildman–Crippen MR) is 139 cm³/mol. The molecule has 6 heteroatoms. The lowest BCUT2D eigenvalue weighted by Gasteiger charge is -2.46. The van der Waals surface area contributed by atoms with Crippen LogP contribution in [0.2, 0.25) is 0 Å². The molecule has 0 radical (unpaired) electrons. The molecule has 4 nitrogen and oxygen atoms in total. The van der Waals surface area contributed by atoms with Gasteiger partial charge in [0.25, 0.3) is 0 Å². The maximum atomic E-state index is 9.18. The second kappa shape index (κ2) is 13.2. The van der Waals surface area contributed by atoms with Crippen molar-refractivity contribution < 1.29 is 19.3 Å². The first kappa shape index (κ1) is 25.8. The van der Waals surface area contributed by atoms with Crippen molar-refractivity contribution in [2.24, 2.45) is 0 Å². The number of hydrogen-bond acceptors (Lipinski definition) is 6. The summed E-state index contributed by atoms with van der Waals surface area (Å²) in [6.07, 6.45) is 13.9. The largest absolute Gasteiger partial charge is 0.396 e. The smallest absolute Gasteiger partial charge is 0.171 e. The van der Waals surface area contributed by atoms with Crippen LogP contribution in [0.25, 0.3) is 0 Å². The molecule has 1 aromatic carbocycles. The Morgan fingerprint density at radius 1 is 0.939 bits per heavy atom. The first-order valence-corrected chi connectivity index (χ1v) is 15.1. The lowest BCUT2D eigenvalue weighted by atomic mass is 9.95. The van der Waals surface area contributed by atoms with Crippen LogP contribution in [-0.2, 0) is 20.8 Å². The van der Waals surface area contributed by atoms with Crippen LogP contribution in [0.1, 0.15) is 82.6 Å². The van der Waals surface area contributed by atoms with Crippen LogP contribution in [0.5, 0.6) is 0 Å². The summed E-state index contributed by atoms with van der Waals surface area (Å²) < 4.78 is 19.4. The zero-order valence-electron chi connectivity index (χ0n) is 20.1. The van der Waals surface area contributed by atoms with Crippen molar-refractivity contribution in [2.75, 3.05) is 24.7 Å². The van der Waals surface area contributed by atoms with E-state index in [-0.39, 0.29) is 24.6 Å². The van der Waals surface area contributed by atoms with Gasteiger partial charge in [-0.25, -0.2) is 0 Å². The lowest BCUT2D eigenvalue weighted by molar-refractivity contribution is -0.199. The van der Waals surface area contributed by atoms with Crippen molar-refractivity contribution in [1.29, 1.82) is 0 Å². The molecule has 3 aliphatic rings. The van der Waals surface area contributed by atoms with Crippen molar-refractivity contribution in [3.05, 3.63) is 35.9 Å². The summed E-state index contributed by atoms with van der Waals surface area (Å²) in [5.74, 6) is 2.18. The quantitative estimate of drug-likeness (QED) is 0.296. The van der Waals surface area contributed by atoms with Gasteiger partial charge in [0.05, 0.1) is 22.9 Å². The van der Waals surface area contributed by atoms with Gasteiger partial charge in [-0.3, -0.25) is 0 Å². The zero-order valence-corrected chi connectivity index (χ0v) is 21.7. The van der Waals surface area contributed by atoms with Crippen molar-refractivity contribution in [1.82, 2.24) is 0 Å². The Hall–Kier alpha value is -0.240. The Morgan fingerprint density at radius 3 is 2.55 bits per heavy atom. The standard InChI is InChI=1S/C27H42O4S2/c28-16-9-7-14-24-25-20-27(32-18-11-19-33-27)22-26(30-24,31-25)15-8-2-1-3-10-17-29-21-23-12-5-4-6-13-23/h4-6,12-13,24-25,28H,1-3,7-11,14-22H2/t24-,25+,26+/m0/s1. The molecular weight excluding hydrogens is 452 g/mol. The number of fused-ring (bicyclic) bond motifs is 2. The molecule has 33 heavy (non-hydrogen) atoms. The highest BCUT2D eigenvalue weighted by Crippen LogP contribution is 2.59. The van der Waals surface area contributed by atoms with Gasteiger partial charge in [-0.1, -0.05) is 49.6 Å². The van der Waals surface area contributed by atoms with Gasteiger partial charge in [-0.2, -0.15) is 0 Å². The number of ether oxygens (including phenoxy) is 3. The molecule has 186 valence electrons. The average molecular weight is 495 g/mol. The number of rotatable bonds is 14. The van der Waals surface area contributed by atoms with Crippen LogP contribution in [0.3, 0.4) is 0 Å². The summed E-state index contributed by atoms with van der Waals surface area (Å²) in [5.41, 5.74) is 1.25. The second-order valence-corrected chi connectivity index (χ2v) is 13.1. The summed E-state index contributed by atoms with van der Waals surface area (Å²) >= 11 is 4.33. The van der Waals surface area contributed by atoms with Crippen LogP contribution >= 0.6 is 23.5 Å². The molecule has 0 saturated carbocycles. The minimum Gasteiger partial charge on any atom is -0.396 e. The normalized spacial score (nSPS) is 28.4. The number of hydrogen-bond donors (Lipinski definition) is 1. The van der Waals surface area contributed by atoms with E-state index in [0.717, 1.165) is 58.2 Å². The molecule has 1 aromatic rings. The van der Waals surface area contributed by atoms with Crippen LogP contribution in [-0.4, -0.2) is 51.9 Å². The molecule has 3 atom stereocenters. The van der Waals surface area contributed by atoms with Crippen LogP contribution in [0, 0.1) is 0 Å². The number of unbranched alkanes of at least 4 members (excludes halogenated alkanes) is 5. The fraction of sp³-hybridized carbons (Fsp3) is 0.778. The van der Waals surface area contributed by atoms with Crippen molar-refractivity contribution in [3.63, 3.8) is 0 Å². The highest BCUT2D eigenvalue weighted by Gasteiger charge is 2.58. The summed E-state index contributed by atoms with van der Waals surface area (Å²) in [6.45, 7) is 1.84. The average Bonchev–Trinajstić information content (AvgIpc) is 3.09. The molecule has 3 heterocycles. The second-order valence-electron chi connectivity index (χ2n) is 9.84. The molecule has 0 aromatic heterocycles. The minimum absolute atomic E-state index is 0.209. The zero-order chi connectivity index (χ0) is 22.8. The molecule has 0 unspecified atom stereocenters. The Bertz CT molecular complexity index is 682. The van der Waals surface area contributed by atoms with Crippen molar-refractivity contribution in [3.8, 4) is 0 Å². The molecule has 0 amide bonds. The first-order valence-electron chi connectivity index (χ1n) is 13.1. The SMILES string of the molecule is OCCCC[C@@H]1O[C@@]2(CCCCCCCOCc3ccccc3)CC3(C[C@H]1O2)SCCCS3. The van der Waals surface area contributed by atoms with Crippen molar-refractivity contribution in [2.45, 2.75) is 106 Å². The summed E-state index contributed by atoms with van der Waals surface area (Å²) in [7, 11) is 0. The van der Waals surface area contributed by atoms with Gasteiger partial charge in [0.2, 0.25) is 0 Å². The van der Waals surface area contributed by atoms with E-state index in [1.807, 2.05) is 6.07 Å². The Kier molecular flexibility index (Phi) is 10.3. The fourth-order valence-corrected chi connectivity index (χ4v) is 8.96. The van der Waals surface area contributed by atoms with Gasteiger partial charge in [0, 0.05) is 32.5 Å². The fourth-order valence-electron chi connectivity index (χ4n) is 5.42. The van der Waals surface area contributed by atoms with Gasteiger partial charge >= 0.3 is 0 Å². The first-order chi connectivity index (χ1) is 16.2. The lowest BCUT2D eigenvalue weighted by Crippen LogP contribution is -2.46. The number of aliphatic hydroxyl groups excluding tert-OH is 1. The molecule has 1 N–H and O–H groups in total. The van der Waals surface area contributed by atoms with Crippen molar-refractivity contribution >= 4 is 23.5 Å². The molecule has 3 fully saturated rings. The molecule has 3 saturated heterocycles. The van der Waals surface area contributed by atoms with Crippen LogP contribution in [0.15, 0.2) is 30.3 Å². The number of benzene rings is 1. The Morgan fingerprint density at radius 2 is 1.73 bits per heavy atom. The van der Waals surface area contributed by atoms with Gasteiger partial charge in [0.1, 0.15) is 0 Å². The van der Waals surface area contributed by atoms with Gasteiger partial charge in [-0.15, -0.1) is 23.5 Å². The maximum absolute atomic E-state index is 9.18. The van der Waals surface area contributed by atoms with Gasteiger partial charge < -0.3 is 19.3 Å². The predicted octanol–water partition coefficient (Wildman–Crippen LogP) is 6.55. The van der Waals surface area contributed by atoms with Crippen LogP contribution < -0.4 is 0 Å². The third-order valence-corrected chi connectivity index (χ3v) is 10.4. The summed E-state index contributed by atoms with van der Waals surface area (Å²) in [5, 5.41) is 9.18. The number of aliphatic hydroxyl groups is 1. The van der Waals surface area contributed by atoms with E-state index in [9.17, 15) is 5.11 Å². The van der Waals surface area contributed by atoms with E-state index in [4.69, 9.17) is 14.2 Å². The summed E-state index contributed by atoms with van der Waals surface area (Å²) in [4.78, 5) is 0. The third kappa shape index (κ3) is 7.62. The van der Waals surface area contributed by atoms with Crippen LogP contribution in [0.4, 0.5) is 0 Å². The molecular formula is C27H42O4S2. The molecule has 4 rings (SSSR count). The number of thioether (sulfide) groups is 2. The maximum Gasteiger partial charge on any atom is 0.171 e.